The van der Waals surface area contributed by atoms with Crippen molar-refractivity contribution in [1.82, 2.24) is 10.3 Å². The van der Waals surface area contributed by atoms with E-state index >= 15 is 0 Å². The molecule has 0 atom stereocenters. The minimum absolute atomic E-state index is 0.00101. The molecule has 1 aromatic heterocycles. The number of nitrogens with one attached hydrogen (secondary N) is 1. The number of benzene rings is 1. The zero-order chi connectivity index (χ0) is 14.7. The summed E-state index contributed by atoms with van der Waals surface area (Å²) in [6, 6.07) is 10.5. The molecule has 1 aromatic carbocycles. The SMILES string of the molecule is O=[N+]([O-])c1cccc(Oc2ncccc2CNC2CC2)c1. The van der Waals surface area contributed by atoms with Gasteiger partial charge < -0.3 is 10.1 Å². The lowest BCUT2D eigenvalue weighted by atomic mass is 10.2. The van der Waals surface area contributed by atoms with Gasteiger partial charge in [0, 0.05) is 30.4 Å². The third-order valence-corrected chi connectivity index (χ3v) is 3.25. The standard InChI is InChI=1S/C15H15N3O3/c19-18(20)13-4-1-5-14(9-13)21-15-11(3-2-8-16-15)10-17-12-6-7-12/h1-5,8-9,12,17H,6-7,10H2. The molecule has 1 fully saturated rings. The minimum atomic E-state index is -0.444. The molecule has 0 bridgehead atoms. The molecule has 6 nitrogen and oxygen atoms in total. The van der Waals surface area contributed by atoms with Gasteiger partial charge in [-0.15, -0.1) is 0 Å². The van der Waals surface area contributed by atoms with E-state index in [0.29, 0.717) is 24.2 Å². The molecule has 1 saturated carbocycles. The highest BCUT2D eigenvalue weighted by Gasteiger charge is 2.21. The van der Waals surface area contributed by atoms with Crippen molar-refractivity contribution in [3.63, 3.8) is 0 Å². The van der Waals surface area contributed by atoms with E-state index in [-0.39, 0.29) is 5.69 Å². The Morgan fingerprint density at radius 1 is 1.33 bits per heavy atom. The molecule has 2 aromatic rings. The van der Waals surface area contributed by atoms with E-state index in [0.717, 1.165) is 5.56 Å². The molecule has 108 valence electrons. The number of ether oxygens (including phenoxy) is 1. The fourth-order valence-corrected chi connectivity index (χ4v) is 1.96. The third-order valence-electron chi connectivity index (χ3n) is 3.25. The Morgan fingerprint density at radius 3 is 2.95 bits per heavy atom. The molecule has 1 heterocycles. The monoisotopic (exact) mass is 285 g/mol. The summed E-state index contributed by atoms with van der Waals surface area (Å²) in [7, 11) is 0. The topological polar surface area (TPSA) is 77.3 Å². The van der Waals surface area contributed by atoms with Crippen molar-refractivity contribution in [1.29, 1.82) is 0 Å². The average molecular weight is 285 g/mol. The Hall–Kier alpha value is -2.47. The molecule has 0 unspecified atom stereocenters. The van der Waals surface area contributed by atoms with Gasteiger partial charge in [0.1, 0.15) is 5.75 Å². The zero-order valence-electron chi connectivity index (χ0n) is 11.4. The van der Waals surface area contributed by atoms with Gasteiger partial charge in [-0.05, 0) is 25.0 Å². The van der Waals surface area contributed by atoms with Crippen LogP contribution in [0.3, 0.4) is 0 Å². The summed E-state index contributed by atoms with van der Waals surface area (Å²) >= 11 is 0. The Labute approximate surface area is 121 Å². The second-order valence-electron chi connectivity index (χ2n) is 4.98. The van der Waals surface area contributed by atoms with Crippen LogP contribution in [0.25, 0.3) is 0 Å². The molecular formula is C15H15N3O3. The van der Waals surface area contributed by atoms with E-state index in [1.54, 1.807) is 18.3 Å². The first-order valence-corrected chi connectivity index (χ1v) is 6.82. The Morgan fingerprint density at radius 2 is 2.19 bits per heavy atom. The van der Waals surface area contributed by atoms with Crippen molar-refractivity contribution >= 4 is 5.69 Å². The summed E-state index contributed by atoms with van der Waals surface area (Å²) in [6.07, 6.45) is 4.07. The van der Waals surface area contributed by atoms with E-state index in [4.69, 9.17) is 4.74 Å². The molecule has 0 saturated heterocycles. The van der Waals surface area contributed by atoms with Crippen LogP contribution >= 0.6 is 0 Å². The number of non-ortho nitro benzene ring substituents is 1. The highest BCUT2D eigenvalue weighted by Crippen LogP contribution is 2.27. The second kappa shape index (κ2) is 5.88. The van der Waals surface area contributed by atoms with Crippen LogP contribution in [0.2, 0.25) is 0 Å². The fraction of sp³-hybridized carbons (Fsp3) is 0.267. The van der Waals surface area contributed by atoms with Crippen LogP contribution in [0.5, 0.6) is 11.6 Å². The first kappa shape index (κ1) is 13.5. The zero-order valence-corrected chi connectivity index (χ0v) is 11.4. The van der Waals surface area contributed by atoms with Crippen LogP contribution in [-0.2, 0) is 6.54 Å². The van der Waals surface area contributed by atoms with E-state index in [9.17, 15) is 10.1 Å². The third kappa shape index (κ3) is 3.55. The molecule has 1 aliphatic carbocycles. The summed E-state index contributed by atoms with van der Waals surface area (Å²) < 4.78 is 5.70. The number of nitro groups is 1. The highest BCUT2D eigenvalue weighted by atomic mass is 16.6. The van der Waals surface area contributed by atoms with Crippen LogP contribution < -0.4 is 10.1 Å². The molecule has 1 N–H and O–H groups in total. The lowest BCUT2D eigenvalue weighted by Crippen LogP contribution is -2.16. The average Bonchev–Trinajstić information content (AvgIpc) is 3.31. The van der Waals surface area contributed by atoms with Crippen molar-refractivity contribution in [3.8, 4) is 11.6 Å². The normalized spacial score (nSPS) is 13.9. The van der Waals surface area contributed by atoms with Crippen LogP contribution in [0, 0.1) is 10.1 Å². The maximum absolute atomic E-state index is 10.8. The predicted molar refractivity (Wildman–Crippen MR) is 77.3 cm³/mol. The number of nitrogens with zero attached hydrogens (tertiary/aromatic N) is 2. The van der Waals surface area contributed by atoms with E-state index in [1.165, 1.54) is 25.0 Å². The van der Waals surface area contributed by atoms with Crippen LogP contribution in [0.1, 0.15) is 18.4 Å². The van der Waals surface area contributed by atoms with E-state index < -0.39 is 4.92 Å². The maximum atomic E-state index is 10.8. The Bertz CT molecular complexity index is 656. The number of hydrogen-bond donors (Lipinski definition) is 1. The number of pyridine rings is 1. The largest absolute Gasteiger partial charge is 0.438 e. The molecule has 3 rings (SSSR count). The van der Waals surface area contributed by atoms with Gasteiger partial charge in [0.05, 0.1) is 11.0 Å². The van der Waals surface area contributed by atoms with E-state index in [2.05, 4.69) is 10.3 Å². The van der Waals surface area contributed by atoms with Gasteiger partial charge in [-0.25, -0.2) is 4.98 Å². The minimum Gasteiger partial charge on any atom is -0.438 e. The van der Waals surface area contributed by atoms with Crippen molar-refractivity contribution in [2.45, 2.75) is 25.4 Å². The highest BCUT2D eigenvalue weighted by molar-refractivity contribution is 5.40. The maximum Gasteiger partial charge on any atom is 0.273 e. The number of aromatic nitrogens is 1. The van der Waals surface area contributed by atoms with Gasteiger partial charge in [-0.3, -0.25) is 10.1 Å². The summed E-state index contributed by atoms with van der Waals surface area (Å²) in [6.45, 7) is 0.683. The molecule has 6 heteroatoms. The number of nitro benzene ring substituents is 1. The molecule has 21 heavy (non-hydrogen) atoms. The van der Waals surface area contributed by atoms with Gasteiger partial charge in [0.25, 0.3) is 5.69 Å². The van der Waals surface area contributed by atoms with E-state index in [1.807, 2.05) is 12.1 Å². The van der Waals surface area contributed by atoms with Gasteiger partial charge in [0.2, 0.25) is 5.88 Å². The molecule has 0 amide bonds. The van der Waals surface area contributed by atoms with Crippen molar-refractivity contribution < 1.29 is 9.66 Å². The van der Waals surface area contributed by atoms with Gasteiger partial charge in [0.15, 0.2) is 0 Å². The van der Waals surface area contributed by atoms with Gasteiger partial charge in [-0.1, -0.05) is 12.1 Å². The van der Waals surface area contributed by atoms with Crippen molar-refractivity contribution in [2.75, 3.05) is 0 Å². The summed E-state index contributed by atoms with van der Waals surface area (Å²) in [5.41, 5.74) is 0.942. The smallest absolute Gasteiger partial charge is 0.273 e. The quantitative estimate of drug-likeness (QED) is 0.652. The van der Waals surface area contributed by atoms with Crippen LogP contribution in [0.15, 0.2) is 42.6 Å². The second-order valence-corrected chi connectivity index (χ2v) is 4.98. The first-order valence-electron chi connectivity index (χ1n) is 6.82. The van der Waals surface area contributed by atoms with Gasteiger partial charge >= 0.3 is 0 Å². The number of rotatable bonds is 6. The summed E-state index contributed by atoms with van der Waals surface area (Å²) in [5, 5.41) is 14.2. The van der Waals surface area contributed by atoms with Crippen molar-refractivity contribution in [3.05, 3.63) is 58.3 Å². The summed E-state index contributed by atoms with van der Waals surface area (Å²) in [5.74, 6) is 0.890. The van der Waals surface area contributed by atoms with Crippen LogP contribution in [-0.4, -0.2) is 15.9 Å². The predicted octanol–water partition coefficient (Wildman–Crippen LogP) is 3.03. The van der Waals surface area contributed by atoms with Crippen LogP contribution in [0.4, 0.5) is 5.69 Å². The van der Waals surface area contributed by atoms with Crippen molar-refractivity contribution in [2.24, 2.45) is 0 Å². The first-order chi connectivity index (χ1) is 10.2. The lowest BCUT2D eigenvalue weighted by Gasteiger charge is -2.10. The molecule has 0 radical (unpaired) electrons. The molecule has 1 aliphatic rings. The summed E-state index contributed by atoms with van der Waals surface area (Å²) in [4.78, 5) is 14.6. The van der Waals surface area contributed by atoms with Gasteiger partial charge in [-0.2, -0.15) is 0 Å². The molecule has 0 aliphatic heterocycles. The molecule has 0 spiro atoms. The Balaban J connectivity index is 1.77. The lowest BCUT2D eigenvalue weighted by molar-refractivity contribution is -0.384. The fourth-order valence-electron chi connectivity index (χ4n) is 1.96. The Kier molecular flexibility index (Phi) is 3.79. The molecular weight excluding hydrogens is 270 g/mol. The number of hydrogen-bond acceptors (Lipinski definition) is 5.